The minimum Gasteiger partial charge on any atom is -0.331 e. The van der Waals surface area contributed by atoms with Crippen LogP contribution in [0.5, 0.6) is 0 Å². The molecule has 0 unspecified atom stereocenters. The smallest absolute Gasteiger partial charge is 0.283 e. The van der Waals surface area contributed by atoms with Crippen molar-refractivity contribution in [3.05, 3.63) is 76.6 Å². The number of hydrogen-bond acceptors (Lipinski definition) is 7. The number of nitrogens with zero attached hydrogens (tertiary/aromatic N) is 4. The third-order valence-electron chi connectivity index (χ3n) is 5.51. The summed E-state index contributed by atoms with van der Waals surface area (Å²) in [6.07, 6.45) is 1.48. The normalized spacial score (nSPS) is 14.7. The van der Waals surface area contributed by atoms with Gasteiger partial charge in [0.2, 0.25) is 5.91 Å². The van der Waals surface area contributed by atoms with Gasteiger partial charge in [-0.15, -0.1) is 11.3 Å². The van der Waals surface area contributed by atoms with E-state index in [1.807, 2.05) is 31.2 Å². The van der Waals surface area contributed by atoms with Gasteiger partial charge in [-0.2, -0.15) is 17.6 Å². The number of thiazole rings is 1. The lowest BCUT2D eigenvalue weighted by atomic mass is 10.0. The quantitative estimate of drug-likeness (QED) is 0.508. The summed E-state index contributed by atoms with van der Waals surface area (Å²) < 4.78 is 27.9. The summed E-state index contributed by atoms with van der Waals surface area (Å²) in [6, 6.07) is 11.6. The van der Waals surface area contributed by atoms with Crippen LogP contribution in [0, 0.1) is 6.92 Å². The van der Waals surface area contributed by atoms with Gasteiger partial charge in [0, 0.05) is 18.3 Å². The van der Waals surface area contributed by atoms with Crippen molar-refractivity contribution < 1.29 is 13.2 Å². The van der Waals surface area contributed by atoms with Gasteiger partial charge in [-0.3, -0.25) is 4.79 Å². The van der Waals surface area contributed by atoms with E-state index < -0.39 is 16.1 Å². The lowest BCUT2D eigenvalue weighted by Gasteiger charge is -2.21. The average molecular weight is 454 g/mol. The summed E-state index contributed by atoms with van der Waals surface area (Å²) >= 11 is 1.38. The first-order valence-corrected chi connectivity index (χ1v) is 11.9. The van der Waals surface area contributed by atoms with E-state index in [0.29, 0.717) is 11.3 Å². The van der Waals surface area contributed by atoms with Crippen LogP contribution >= 0.6 is 11.3 Å². The SMILES string of the molecule is Cc1ccccc1[C@@H](N)C(=O)N1Cc2cn(S(=O)(=O)c3ccc4ncsc4c3)nc2C1. The van der Waals surface area contributed by atoms with Crippen LogP contribution in [-0.2, 0) is 27.9 Å². The van der Waals surface area contributed by atoms with Crippen LogP contribution < -0.4 is 5.73 Å². The number of nitrogens with two attached hydrogens (primary N) is 1. The molecule has 31 heavy (non-hydrogen) atoms. The second kappa shape index (κ2) is 7.26. The number of carbonyl (C=O) groups is 1. The number of rotatable bonds is 4. The molecule has 2 N–H and O–H groups in total. The molecule has 5 rings (SSSR count). The van der Waals surface area contributed by atoms with E-state index in [9.17, 15) is 13.2 Å². The molecule has 158 valence electrons. The monoisotopic (exact) mass is 453 g/mol. The number of aromatic nitrogens is 3. The number of aryl methyl sites for hydroxylation is 1. The van der Waals surface area contributed by atoms with E-state index in [2.05, 4.69) is 10.1 Å². The van der Waals surface area contributed by atoms with Gasteiger partial charge in [0.05, 0.1) is 32.9 Å². The Hall–Kier alpha value is -3.08. The molecular weight excluding hydrogens is 434 g/mol. The Morgan fingerprint density at radius 3 is 2.77 bits per heavy atom. The van der Waals surface area contributed by atoms with Crippen LogP contribution in [0.15, 0.2) is 59.1 Å². The van der Waals surface area contributed by atoms with Gasteiger partial charge in [0.15, 0.2) is 0 Å². The molecule has 4 aromatic rings. The standard InChI is InChI=1S/C21H19N5O3S2/c1-13-4-2-3-5-16(13)20(22)21(27)25-9-14-10-26(24-18(14)11-25)31(28,29)15-6-7-17-19(8-15)30-12-23-17/h2-8,10,12,20H,9,11,22H2,1H3/t20-/m1/s1. The number of hydrogen-bond donors (Lipinski definition) is 1. The molecule has 0 saturated carbocycles. The van der Waals surface area contributed by atoms with Crippen LogP contribution in [-0.4, -0.2) is 33.4 Å². The van der Waals surface area contributed by atoms with E-state index >= 15 is 0 Å². The summed E-state index contributed by atoms with van der Waals surface area (Å²) in [5, 5.41) is 4.27. The van der Waals surface area contributed by atoms with Gasteiger partial charge in [0.25, 0.3) is 10.0 Å². The molecule has 1 amide bonds. The van der Waals surface area contributed by atoms with Crippen molar-refractivity contribution in [1.29, 1.82) is 0 Å². The third kappa shape index (κ3) is 3.32. The number of fused-ring (bicyclic) bond motifs is 2. The van der Waals surface area contributed by atoms with Crippen molar-refractivity contribution in [2.45, 2.75) is 31.0 Å². The second-order valence-corrected chi connectivity index (χ2v) is 10.2. The Bertz CT molecular complexity index is 1400. The Morgan fingerprint density at radius 2 is 2.00 bits per heavy atom. The molecule has 2 aromatic carbocycles. The van der Waals surface area contributed by atoms with E-state index in [1.165, 1.54) is 23.6 Å². The summed E-state index contributed by atoms with van der Waals surface area (Å²) in [5.74, 6) is -0.211. The predicted molar refractivity (Wildman–Crippen MR) is 117 cm³/mol. The fraction of sp³-hybridized carbons (Fsp3) is 0.190. The zero-order valence-electron chi connectivity index (χ0n) is 16.6. The molecule has 2 aromatic heterocycles. The van der Waals surface area contributed by atoms with Crippen LogP contribution in [0.25, 0.3) is 10.2 Å². The number of amides is 1. The van der Waals surface area contributed by atoms with Crippen molar-refractivity contribution in [3.63, 3.8) is 0 Å². The van der Waals surface area contributed by atoms with Gasteiger partial charge in [0.1, 0.15) is 6.04 Å². The molecule has 0 radical (unpaired) electrons. The largest absolute Gasteiger partial charge is 0.331 e. The molecule has 10 heteroatoms. The predicted octanol–water partition coefficient (Wildman–Crippen LogP) is 2.58. The van der Waals surface area contributed by atoms with Crippen LogP contribution in [0.2, 0.25) is 0 Å². The maximum atomic E-state index is 13.0. The molecular formula is C21H19N5O3S2. The number of carbonyl (C=O) groups excluding carboxylic acids is 1. The summed E-state index contributed by atoms with van der Waals surface area (Å²) in [5.41, 5.74) is 11.6. The first-order valence-electron chi connectivity index (χ1n) is 9.61. The zero-order chi connectivity index (χ0) is 21.8. The van der Waals surface area contributed by atoms with Crippen LogP contribution in [0.3, 0.4) is 0 Å². The fourth-order valence-corrected chi connectivity index (χ4v) is 5.76. The first-order chi connectivity index (χ1) is 14.8. The van der Waals surface area contributed by atoms with E-state index in [0.717, 1.165) is 25.4 Å². The molecule has 0 aliphatic carbocycles. The van der Waals surface area contributed by atoms with Crippen molar-refractivity contribution in [2.75, 3.05) is 0 Å². The third-order valence-corrected chi connectivity index (χ3v) is 7.83. The highest BCUT2D eigenvalue weighted by molar-refractivity contribution is 7.89. The highest BCUT2D eigenvalue weighted by atomic mass is 32.2. The lowest BCUT2D eigenvalue weighted by molar-refractivity contribution is -0.133. The highest BCUT2D eigenvalue weighted by Gasteiger charge is 2.32. The topological polar surface area (TPSA) is 111 Å². The average Bonchev–Trinajstić information content (AvgIpc) is 3.47. The van der Waals surface area contributed by atoms with E-state index in [-0.39, 0.29) is 23.9 Å². The zero-order valence-corrected chi connectivity index (χ0v) is 18.2. The Labute approximate surface area is 183 Å². The molecule has 8 nitrogen and oxygen atoms in total. The fourth-order valence-electron chi connectivity index (χ4n) is 3.78. The molecule has 3 heterocycles. The van der Waals surface area contributed by atoms with Crippen molar-refractivity contribution in [3.8, 4) is 0 Å². The van der Waals surface area contributed by atoms with Crippen molar-refractivity contribution in [1.82, 2.24) is 19.1 Å². The molecule has 0 fully saturated rings. The summed E-state index contributed by atoms with van der Waals surface area (Å²) in [6.45, 7) is 2.42. The molecule has 1 aliphatic heterocycles. The van der Waals surface area contributed by atoms with Gasteiger partial charge in [-0.25, -0.2) is 4.98 Å². The van der Waals surface area contributed by atoms with Gasteiger partial charge in [-0.05, 0) is 36.2 Å². The van der Waals surface area contributed by atoms with Gasteiger partial charge in [-0.1, -0.05) is 24.3 Å². The van der Waals surface area contributed by atoms with Crippen LogP contribution in [0.1, 0.15) is 28.4 Å². The Morgan fingerprint density at radius 1 is 1.19 bits per heavy atom. The summed E-state index contributed by atoms with van der Waals surface area (Å²) in [4.78, 5) is 18.8. The van der Waals surface area contributed by atoms with Gasteiger partial charge < -0.3 is 10.6 Å². The Kier molecular flexibility index (Phi) is 4.65. The van der Waals surface area contributed by atoms with Crippen LogP contribution in [0.4, 0.5) is 0 Å². The molecule has 0 saturated heterocycles. The number of benzene rings is 2. The first kappa shape index (κ1) is 19.9. The Balaban J connectivity index is 1.37. The molecule has 0 spiro atoms. The summed E-state index contributed by atoms with van der Waals surface area (Å²) in [7, 11) is -3.83. The molecule has 0 bridgehead atoms. The minimum atomic E-state index is -3.83. The van der Waals surface area contributed by atoms with E-state index in [1.54, 1.807) is 22.5 Å². The van der Waals surface area contributed by atoms with Crippen molar-refractivity contribution in [2.24, 2.45) is 5.73 Å². The highest BCUT2D eigenvalue weighted by Crippen LogP contribution is 2.28. The maximum absolute atomic E-state index is 13.0. The minimum absolute atomic E-state index is 0.153. The lowest BCUT2D eigenvalue weighted by Crippen LogP contribution is -2.35. The maximum Gasteiger partial charge on any atom is 0.283 e. The second-order valence-electron chi connectivity index (χ2n) is 7.49. The van der Waals surface area contributed by atoms with Crippen molar-refractivity contribution >= 4 is 37.5 Å². The molecule has 1 aliphatic rings. The van der Waals surface area contributed by atoms with Gasteiger partial charge >= 0.3 is 0 Å². The molecule has 1 atom stereocenters. The van der Waals surface area contributed by atoms with E-state index in [4.69, 9.17) is 5.73 Å².